The maximum absolute atomic E-state index is 12.7. The molecule has 1 fully saturated rings. The van der Waals surface area contributed by atoms with Gasteiger partial charge in [0.05, 0.1) is 13.2 Å². The summed E-state index contributed by atoms with van der Waals surface area (Å²) in [4.78, 5) is 11.6. The summed E-state index contributed by atoms with van der Waals surface area (Å²) in [5.74, 6) is -0.248. The standard InChI is InChI=1S/C15H19FN2O2/c16-14-3-1-12(2-4-14)5-8-17-15(19)18-11-13-6-9-20-10-7-13/h1-4,11H,5-10H2,(H2,17,18,19). The molecule has 0 spiro atoms. The SMILES string of the molecule is O=C(NC=C1CCOCC1)NCCc1ccc(F)cc1. The zero-order chi connectivity index (χ0) is 14.2. The van der Waals surface area contributed by atoms with E-state index in [9.17, 15) is 9.18 Å². The van der Waals surface area contributed by atoms with Gasteiger partial charge in [0.15, 0.2) is 0 Å². The molecule has 0 saturated carbocycles. The van der Waals surface area contributed by atoms with Gasteiger partial charge in [-0.25, -0.2) is 9.18 Å². The van der Waals surface area contributed by atoms with Crippen LogP contribution in [0.4, 0.5) is 9.18 Å². The Bertz CT molecular complexity index is 463. The Balaban J connectivity index is 1.66. The van der Waals surface area contributed by atoms with Crippen molar-refractivity contribution in [2.24, 2.45) is 0 Å². The summed E-state index contributed by atoms with van der Waals surface area (Å²) in [7, 11) is 0. The van der Waals surface area contributed by atoms with Gasteiger partial charge in [0, 0.05) is 12.7 Å². The molecule has 0 atom stereocenters. The number of hydrogen-bond donors (Lipinski definition) is 2. The Labute approximate surface area is 118 Å². The molecule has 1 aliphatic heterocycles. The lowest BCUT2D eigenvalue weighted by molar-refractivity contribution is 0.119. The van der Waals surface area contributed by atoms with Crippen molar-refractivity contribution in [3.05, 3.63) is 47.4 Å². The molecule has 4 nitrogen and oxygen atoms in total. The number of hydrogen-bond acceptors (Lipinski definition) is 2. The molecule has 2 rings (SSSR count). The van der Waals surface area contributed by atoms with Gasteiger partial charge in [-0.1, -0.05) is 12.1 Å². The fourth-order valence-corrected chi connectivity index (χ4v) is 1.97. The van der Waals surface area contributed by atoms with E-state index in [1.54, 1.807) is 18.3 Å². The lowest BCUT2D eigenvalue weighted by Crippen LogP contribution is -2.34. The number of carbonyl (C=O) groups is 1. The average molecular weight is 278 g/mol. The van der Waals surface area contributed by atoms with E-state index in [0.29, 0.717) is 13.0 Å². The maximum atomic E-state index is 12.7. The molecule has 20 heavy (non-hydrogen) atoms. The predicted octanol–water partition coefficient (Wildman–Crippen LogP) is 2.36. The van der Waals surface area contributed by atoms with E-state index in [-0.39, 0.29) is 11.8 Å². The Morgan fingerprint density at radius 3 is 2.65 bits per heavy atom. The summed E-state index contributed by atoms with van der Waals surface area (Å²) >= 11 is 0. The highest BCUT2D eigenvalue weighted by molar-refractivity contribution is 5.74. The number of carbonyl (C=O) groups excluding carboxylic acids is 1. The molecule has 0 radical (unpaired) electrons. The van der Waals surface area contributed by atoms with Crippen molar-refractivity contribution in [3.8, 4) is 0 Å². The summed E-state index contributed by atoms with van der Waals surface area (Å²) in [6, 6.07) is 6.07. The van der Waals surface area contributed by atoms with Crippen molar-refractivity contribution in [1.82, 2.24) is 10.6 Å². The minimum absolute atomic E-state index is 0.217. The molecule has 5 heteroatoms. The highest BCUT2D eigenvalue weighted by Crippen LogP contribution is 2.11. The molecule has 108 valence electrons. The normalized spacial score (nSPS) is 14.8. The predicted molar refractivity (Wildman–Crippen MR) is 74.8 cm³/mol. The lowest BCUT2D eigenvalue weighted by atomic mass is 10.1. The van der Waals surface area contributed by atoms with Crippen LogP contribution in [-0.2, 0) is 11.2 Å². The molecule has 1 heterocycles. The second-order valence-electron chi connectivity index (χ2n) is 4.69. The van der Waals surface area contributed by atoms with Crippen LogP contribution in [0.2, 0.25) is 0 Å². The number of rotatable bonds is 4. The van der Waals surface area contributed by atoms with Gasteiger partial charge in [-0.2, -0.15) is 0 Å². The largest absolute Gasteiger partial charge is 0.381 e. The van der Waals surface area contributed by atoms with Gasteiger partial charge >= 0.3 is 6.03 Å². The van der Waals surface area contributed by atoms with E-state index >= 15 is 0 Å². The Hall–Kier alpha value is -1.88. The topological polar surface area (TPSA) is 50.4 Å². The van der Waals surface area contributed by atoms with Crippen LogP contribution >= 0.6 is 0 Å². The third-order valence-electron chi connectivity index (χ3n) is 3.15. The Morgan fingerprint density at radius 1 is 1.25 bits per heavy atom. The van der Waals surface area contributed by atoms with E-state index in [2.05, 4.69) is 10.6 Å². The van der Waals surface area contributed by atoms with E-state index < -0.39 is 0 Å². The number of nitrogens with one attached hydrogen (secondary N) is 2. The molecule has 0 unspecified atom stereocenters. The van der Waals surface area contributed by atoms with Crippen LogP contribution in [0.3, 0.4) is 0 Å². The Morgan fingerprint density at radius 2 is 1.95 bits per heavy atom. The zero-order valence-corrected chi connectivity index (χ0v) is 11.3. The van der Waals surface area contributed by atoms with Crippen molar-refractivity contribution >= 4 is 6.03 Å². The molecule has 1 aliphatic rings. The molecule has 2 amide bonds. The first-order valence-electron chi connectivity index (χ1n) is 6.78. The molecule has 0 aromatic heterocycles. The van der Waals surface area contributed by atoms with Crippen molar-refractivity contribution in [1.29, 1.82) is 0 Å². The molecular formula is C15H19FN2O2. The van der Waals surface area contributed by atoms with Gasteiger partial charge in [0.2, 0.25) is 0 Å². The molecule has 1 saturated heterocycles. The minimum Gasteiger partial charge on any atom is -0.381 e. The molecule has 0 aliphatic carbocycles. The van der Waals surface area contributed by atoms with Gasteiger partial charge in [-0.15, -0.1) is 0 Å². The van der Waals surface area contributed by atoms with Gasteiger partial charge in [-0.05, 0) is 42.5 Å². The summed E-state index contributed by atoms with van der Waals surface area (Å²) in [6.45, 7) is 1.96. The first kappa shape index (κ1) is 14.5. The van der Waals surface area contributed by atoms with E-state index in [1.165, 1.54) is 17.7 Å². The third-order valence-corrected chi connectivity index (χ3v) is 3.15. The van der Waals surface area contributed by atoms with Crippen LogP contribution in [0.1, 0.15) is 18.4 Å². The van der Waals surface area contributed by atoms with Crippen molar-refractivity contribution < 1.29 is 13.9 Å². The summed E-state index contributed by atoms with van der Waals surface area (Å²) in [6.07, 6.45) is 4.18. The first-order chi connectivity index (χ1) is 9.74. The van der Waals surface area contributed by atoms with Crippen LogP contribution in [0.25, 0.3) is 0 Å². The molecule has 1 aromatic carbocycles. The van der Waals surface area contributed by atoms with E-state index in [4.69, 9.17) is 4.74 Å². The summed E-state index contributed by atoms with van der Waals surface area (Å²) in [5.41, 5.74) is 2.19. The maximum Gasteiger partial charge on any atom is 0.318 e. The van der Waals surface area contributed by atoms with Crippen LogP contribution in [0.15, 0.2) is 36.0 Å². The first-order valence-corrected chi connectivity index (χ1v) is 6.78. The highest BCUT2D eigenvalue weighted by Gasteiger charge is 2.05. The molecule has 2 N–H and O–H groups in total. The zero-order valence-electron chi connectivity index (χ0n) is 11.3. The fourth-order valence-electron chi connectivity index (χ4n) is 1.97. The number of halogens is 1. The number of urea groups is 1. The van der Waals surface area contributed by atoms with Crippen molar-refractivity contribution in [2.75, 3.05) is 19.8 Å². The van der Waals surface area contributed by atoms with Gasteiger partial charge in [0.25, 0.3) is 0 Å². The van der Waals surface area contributed by atoms with Gasteiger partial charge in [0.1, 0.15) is 5.82 Å². The second-order valence-corrected chi connectivity index (χ2v) is 4.69. The van der Waals surface area contributed by atoms with E-state index in [1.807, 2.05) is 0 Å². The van der Waals surface area contributed by atoms with Crippen LogP contribution in [-0.4, -0.2) is 25.8 Å². The van der Waals surface area contributed by atoms with Crippen molar-refractivity contribution in [3.63, 3.8) is 0 Å². The molecule has 0 bridgehead atoms. The number of benzene rings is 1. The van der Waals surface area contributed by atoms with Crippen LogP contribution < -0.4 is 10.6 Å². The highest BCUT2D eigenvalue weighted by atomic mass is 19.1. The third kappa shape index (κ3) is 5.01. The summed E-state index contributed by atoms with van der Waals surface area (Å²) < 4.78 is 18.0. The number of amides is 2. The number of ether oxygens (including phenoxy) is 1. The fraction of sp³-hybridized carbons (Fsp3) is 0.400. The van der Waals surface area contributed by atoms with Crippen molar-refractivity contribution in [2.45, 2.75) is 19.3 Å². The second kappa shape index (κ2) is 7.65. The van der Waals surface area contributed by atoms with Gasteiger partial charge in [-0.3, -0.25) is 0 Å². The average Bonchev–Trinajstić information content (AvgIpc) is 2.48. The van der Waals surface area contributed by atoms with E-state index in [0.717, 1.165) is 31.6 Å². The minimum atomic E-state index is -0.248. The summed E-state index contributed by atoms with van der Waals surface area (Å²) in [5, 5.41) is 5.49. The van der Waals surface area contributed by atoms with Gasteiger partial charge < -0.3 is 15.4 Å². The molecular weight excluding hydrogens is 259 g/mol. The molecule has 1 aromatic rings. The lowest BCUT2D eigenvalue weighted by Gasteiger charge is -2.14. The monoisotopic (exact) mass is 278 g/mol. The van der Waals surface area contributed by atoms with Crippen LogP contribution in [0, 0.1) is 5.82 Å². The smallest absolute Gasteiger partial charge is 0.318 e. The Kier molecular flexibility index (Phi) is 5.55. The van der Waals surface area contributed by atoms with Crippen LogP contribution in [0.5, 0.6) is 0 Å². The quantitative estimate of drug-likeness (QED) is 0.888.